The second-order valence-electron chi connectivity index (χ2n) is 4.75. The Morgan fingerprint density at radius 2 is 1.80 bits per heavy atom. The first-order chi connectivity index (χ1) is 9.71. The van der Waals surface area contributed by atoms with Gasteiger partial charge in [-0.3, -0.25) is 9.69 Å². The van der Waals surface area contributed by atoms with Crippen LogP contribution in [0.4, 0.5) is 0 Å². The molecule has 0 unspecified atom stereocenters. The van der Waals surface area contributed by atoms with Gasteiger partial charge in [-0.15, -0.1) is 0 Å². The minimum absolute atomic E-state index is 0.113. The van der Waals surface area contributed by atoms with E-state index in [0.717, 1.165) is 23.9 Å². The fraction of sp³-hybridized carbons (Fsp3) is 0.353. The molecule has 0 saturated heterocycles. The van der Waals surface area contributed by atoms with Crippen molar-refractivity contribution < 1.29 is 9.53 Å². The van der Waals surface area contributed by atoms with Crippen LogP contribution in [-0.4, -0.2) is 37.4 Å². The molecular formula is C17H21NO2. The van der Waals surface area contributed by atoms with Gasteiger partial charge in [-0.1, -0.05) is 44.2 Å². The predicted octanol–water partition coefficient (Wildman–Crippen LogP) is 3.37. The largest absolute Gasteiger partial charge is 0.496 e. The zero-order chi connectivity index (χ0) is 14.5. The molecule has 0 radical (unpaired) electrons. The number of ketones is 1. The Balaban J connectivity index is 2.48. The summed E-state index contributed by atoms with van der Waals surface area (Å²) in [5, 5.41) is 2.03. The highest BCUT2D eigenvalue weighted by molar-refractivity contribution is 6.11. The molecule has 0 fully saturated rings. The molecule has 106 valence electrons. The third kappa shape index (κ3) is 2.83. The first kappa shape index (κ1) is 14.5. The van der Waals surface area contributed by atoms with Crippen LogP contribution in [-0.2, 0) is 0 Å². The maximum Gasteiger partial charge on any atom is 0.181 e. The van der Waals surface area contributed by atoms with Gasteiger partial charge in [0.1, 0.15) is 5.75 Å². The van der Waals surface area contributed by atoms with Crippen LogP contribution < -0.4 is 4.74 Å². The highest BCUT2D eigenvalue weighted by atomic mass is 16.5. The number of Topliss-reactive ketones (excluding diaryl/α,β-unsaturated/α-hetero) is 1. The Hall–Kier alpha value is -1.87. The van der Waals surface area contributed by atoms with Gasteiger partial charge in [0.15, 0.2) is 5.78 Å². The number of ether oxygens (including phenoxy) is 1. The summed E-state index contributed by atoms with van der Waals surface area (Å²) in [6.07, 6.45) is 0. The van der Waals surface area contributed by atoms with Gasteiger partial charge in [0.05, 0.1) is 19.2 Å². The SMILES string of the molecule is CCN(CC)CC(=O)c1c(OC)ccc2ccccc12. The second kappa shape index (κ2) is 6.53. The molecule has 20 heavy (non-hydrogen) atoms. The Kier molecular flexibility index (Phi) is 4.74. The predicted molar refractivity (Wildman–Crippen MR) is 82.6 cm³/mol. The van der Waals surface area contributed by atoms with E-state index in [0.29, 0.717) is 17.9 Å². The lowest BCUT2D eigenvalue weighted by Crippen LogP contribution is -2.29. The molecule has 0 spiro atoms. The monoisotopic (exact) mass is 271 g/mol. The van der Waals surface area contributed by atoms with E-state index in [1.807, 2.05) is 36.4 Å². The summed E-state index contributed by atoms with van der Waals surface area (Å²) >= 11 is 0. The first-order valence-corrected chi connectivity index (χ1v) is 7.02. The van der Waals surface area contributed by atoms with Crippen LogP contribution in [0.3, 0.4) is 0 Å². The molecule has 0 amide bonds. The van der Waals surface area contributed by atoms with Gasteiger partial charge < -0.3 is 4.74 Å². The van der Waals surface area contributed by atoms with Crippen LogP contribution in [0.15, 0.2) is 36.4 Å². The number of benzene rings is 2. The van der Waals surface area contributed by atoms with Gasteiger partial charge in [-0.25, -0.2) is 0 Å². The molecule has 3 nitrogen and oxygen atoms in total. The maximum absolute atomic E-state index is 12.6. The lowest BCUT2D eigenvalue weighted by Gasteiger charge is -2.18. The van der Waals surface area contributed by atoms with Gasteiger partial charge in [0.25, 0.3) is 0 Å². The molecule has 2 rings (SSSR count). The van der Waals surface area contributed by atoms with E-state index in [1.165, 1.54) is 0 Å². The summed E-state index contributed by atoms with van der Waals surface area (Å²) in [5.74, 6) is 0.767. The molecule has 0 atom stereocenters. The number of fused-ring (bicyclic) bond motifs is 1. The minimum Gasteiger partial charge on any atom is -0.496 e. The van der Waals surface area contributed by atoms with Gasteiger partial charge in [0, 0.05) is 0 Å². The molecule has 0 bridgehead atoms. The first-order valence-electron chi connectivity index (χ1n) is 7.02. The van der Waals surface area contributed by atoms with Crippen molar-refractivity contribution in [2.75, 3.05) is 26.7 Å². The summed E-state index contributed by atoms with van der Waals surface area (Å²) < 4.78 is 5.38. The van der Waals surface area contributed by atoms with Gasteiger partial charge in [0.2, 0.25) is 0 Å². The van der Waals surface area contributed by atoms with Crippen LogP contribution >= 0.6 is 0 Å². The number of likely N-dealkylation sites (N-methyl/N-ethyl adjacent to an activating group) is 1. The molecule has 0 heterocycles. The second-order valence-corrected chi connectivity index (χ2v) is 4.75. The minimum atomic E-state index is 0.113. The quantitative estimate of drug-likeness (QED) is 0.754. The number of nitrogens with zero attached hydrogens (tertiary/aromatic N) is 1. The van der Waals surface area contributed by atoms with Crippen LogP contribution in [0.5, 0.6) is 5.75 Å². The van der Waals surface area contributed by atoms with E-state index >= 15 is 0 Å². The molecule has 0 aliphatic carbocycles. The molecule has 2 aromatic rings. The average Bonchev–Trinajstić information content (AvgIpc) is 2.51. The molecule has 0 aliphatic heterocycles. The highest BCUT2D eigenvalue weighted by Crippen LogP contribution is 2.28. The van der Waals surface area contributed by atoms with Gasteiger partial charge >= 0.3 is 0 Å². The number of hydrogen-bond acceptors (Lipinski definition) is 3. The van der Waals surface area contributed by atoms with Crippen molar-refractivity contribution in [2.45, 2.75) is 13.8 Å². The molecule has 0 aromatic heterocycles. The van der Waals surface area contributed by atoms with Crippen LogP contribution in [0.1, 0.15) is 24.2 Å². The van der Waals surface area contributed by atoms with Gasteiger partial charge in [-0.05, 0) is 29.9 Å². The molecule has 0 N–H and O–H groups in total. The van der Waals surface area contributed by atoms with Crippen molar-refractivity contribution in [1.82, 2.24) is 4.90 Å². The Labute approximate surface area is 120 Å². The van der Waals surface area contributed by atoms with E-state index in [-0.39, 0.29) is 5.78 Å². The number of rotatable bonds is 6. The molecule has 3 heteroatoms. The van der Waals surface area contributed by atoms with Crippen molar-refractivity contribution in [1.29, 1.82) is 0 Å². The Bertz CT molecular complexity index is 603. The van der Waals surface area contributed by atoms with Crippen LogP contribution in [0, 0.1) is 0 Å². The summed E-state index contributed by atoms with van der Waals surface area (Å²) in [6.45, 7) is 6.30. The maximum atomic E-state index is 12.6. The number of methoxy groups -OCH3 is 1. The van der Waals surface area contributed by atoms with Crippen molar-refractivity contribution in [3.05, 3.63) is 42.0 Å². The molecular weight excluding hydrogens is 250 g/mol. The van der Waals surface area contributed by atoms with Crippen molar-refractivity contribution in [3.8, 4) is 5.75 Å². The van der Waals surface area contributed by atoms with E-state index in [4.69, 9.17) is 4.74 Å². The van der Waals surface area contributed by atoms with Crippen molar-refractivity contribution >= 4 is 16.6 Å². The van der Waals surface area contributed by atoms with Crippen LogP contribution in [0.2, 0.25) is 0 Å². The van der Waals surface area contributed by atoms with Crippen molar-refractivity contribution in [2.24, 2.45) is 0 Å². The number of hydrogen-bond donors (Lipinski definition) is 0. The fourth-order valence-electron chi connectivity index (χ4n) is 2.44. The van der Waals surface area contributed by atoms with E-state index in [2.05, 4.69) is 18.7 Å². The number of carbonyl (C=O) groups excluding carboxylic acids is 1. The average molecular weight is 271 g/mol. The van der Waals surface area contributed by atoms with E-state index in [9.17, 15) is 4.79 Å². The Morgan fingerprint density at radius 1 is 1.10 bits per heavy atom. The third-order valence-corrected chi connectivity index (χ3v) is 3.65. The third-order valence-electron chi connectivity index (χ3n) is 3.65. The molecule has 0 saturated carbocycles. The Morgan fingerprint density at radius 3 is 2.45 bits per heavy atom. The van der Waals surface area contributed by atoms with Gasteiger partial charge in [-0.2, -0.15) is 0 Å². The lowest BCUT2D eigenvalue weighted by atomic mass is 10.00. The lowest BCUT2D eigenvalue weighted by molar-refractivity contribution is 0.0936. The zero-order valence-corrected chi connectivity index (χ0v) is 12.3. The highest BCUT2D eigenvalue weighted by Gasteiger charge is 2.17. The van der Waals surface area contributed by atoms with E-state index < -0.39 is 0 Å². The van der Waals surface area contributed by atoms with E-state index in [1.54, 1.807) is 7.11 Å². The number of carbonyl (C=O) groups is 1. The standard InChI is InChI=1S/C17H21NO2/c1-4-18(5-2)12-15(19)17-14-9-7-6-8-13(14)10-11-16(17)20-3/h6-11H,4-5,12H2,1-3H3. The van der Waals surface area contributed by atoms with Crippen molar-refractivity contribution in [3.63, 3.8) is 0 Å². The fourth-order valence-corrected chi connectivity index (χ4v) is 2.44. The molecule has 0 aliphatic rings. The smallest absolute Gasteiger partial charge is 0.181 e. The summed E-state index contributed by atoms with van der Waals surface area (Å²) in [6, 6.07) is 11.8. The molecule has 2 aromatic carbocycles. The van der Waals surface area contributed by atoms with Crippen LogP contribution in [0.25, 0.3) is 10.8 Å². The normalized spacial score (nSPS) is 11.0. The summed E-state index contributed by atoms with van der Waals surface area (Å²) in [5.41, 5.74) is 0.692. The topological polar surface area (TPSA) is 29.5 Å². The summed E-state index contributed by atoms with van der Waals surface area (Å²) in [7, 11) is 1.61. The zero-order valence-electron chi connectivity index (χ0n) is 12.3. The summed E-state index contributed by atoms with van der Waals surface area (Å²) in [4.78, 5) is 14.8.